The standard InChI is InChI=1S/C13H9.2CH2O.ClH.Ru/c1-3-7-12-10(5-1)9-11-6-2-4-8-13(11)12;2*1-2;;/h1-9H;2*1H2;1H;/q-1;;;;+2/p-1. The van der Waals surface area contributed by atoms with Crippen LogP contribution in [0.5, 0.6) is 0 Å². The molecule has 3 rings (SSSR count). The van der Waals surface area contributed by atoms with Crippen molar-refractivity contribution in [1.29, 1.82) is 0 Å². The molecular formula is C15H13ClO2Ru. The Morgan fingerprint density at radius 2 is 1.00 bits per heavy atom. The molecule has 19 heavy (non-hydrogen) atoms. The molecule has 0 saturated heterocycles. The van der Waals surface area contributed by atoms with E-state index in [1.54, 1.807) is 0 Å². The van der Waals surface area contributed by atoms with Crippen LogP contribution < -0.4 is 12.4 Å². The SMILES string of the molecule is C=O.C=O.[Cl-].[Ru+2].c1ccc2c(c1)[cH-]c1ccccc12. The molecule has 0 spiro atoms. The van der Waals surface area contributed by atoms with Crippen molar-refractivity contribution >= 4 is 35.1 Å². The molecule has 0 unspecified atom stereocenters. The Hall–Kier alpha value is -1.44. The Morgan fingerprint density at radius 1 is 0.684 bits per heavy atom. The average molecular weight is 362 g/mol. The van der Waals surface area contributed by atoms with Crippen molar-refractivity contribution in [2.45, 2.75) is 0 Å². The number of hydrogen-bond donors (Lipinski definition) is 0. The maximum absolute atomic E-state index is 8.00. The summed E-state index contributed by atoms with van der Waals surface area (Å²) in [5.41, 5.74) is 0. The average Bonchev–Trinajstić information content (AvgIpc) is 2.82. The predicted octanol–water partition coefficient (Wildman–Crippen LogP) is 0.344. The molecular weight excluding hydrogens is 349 g/mol. The van der Waals surface area contributed by atoms with Crippen LogP contribution in [-0.2, 0) is 29.1 Å². The molecule has 0 N–H and O–H groups in total. The Balaban J connectivity index is 0. The number of rotatable bonds is 0. The minimum absolute atomic E-state index is 0. The van der Waals surface area contributed by atoms with Crippen molar-refractivity contribution in [3.8, 4) is 0 Å². The topological polar surface area (TPSA) is 34.1 Å². The molecule has 4 heteroatoms. The molecule has 0 heterocycles. The van der Waals surface area contributed by atoms with Crippen LogP contribution in [0.1, 0.15) is 0 Å². The van der Waals surface area contributed by atoms with Gasteiger partial charge in [-0.05, 0) is 0 Å². The number of fused-ring (bicyclic) bond motifs is 3. The second-order valence-electron chi connectivity index (χ2n) is 3.32. The Morgan fingerprint density at radius 3 is 1.37 bits per heavy atom. The van der Waals surface area contributed by atoms with Gasteiger partial charge in [0.15, 0.2) is 0 Å². The first kappa shape index (κ1) is 19.9. The van der Waals surface area contributed by atoms with E-state index in [0.29, 0.717) is 0 Å². The first-order valence-electron chi connectivity index (χ1n) is 5.06. The van der Waals surface area contributed by atoms with Crippen LogP contribution in [0, 0.1) is 0 Å². The van der Waals surface area contributed by atoms with Gasteiger partial charge >= 0.3 is 19.5 Å². The van der Waals surface area contributed by atoms with Gasteiger partial charge in [-0.3, -0.25) is 0 Å². The van der Waals surface area contributed by atoms with E-state index in [1.807, 2.05) is 13.6 Å². The number of carbonyl (C=O) groups is 2. The third kappa shape index (κ3) is 4.31. The number of carbonyl (C=O) groups excluding carboxylic acids is 2. The van der Waals surface area contributed by atoms with Crippen LogP contribution in [0.15, 0.2) is 54.6 Å². The van der Waals surface area contributed by atoms with Crippen LogP contribution in [0.2, 0.25) is 0 Å². The van der Waals surface area contributed by atoms with Crippen molar-refractivity contribution in [2.24, 2.45) is 0 Å². The van der Waals surface area contributed by atoms with E-state index in [9.17, 15) is 0 Å². The molecule has 3 aromatic carbocycles. The molecule has 0 aliphatic carbocycles. The molecule has 0 bridgehead atoms. The fourth-order valence-electron chi connectivity index (χ4n) is 1.90. The fourth-order valence-corrected chi connectivity index (χ4v) is 1.90. The molecule has 0 radical (unpaired) electrons. The van der Waals surface area contributed by atoms with Gasteiger partial charge in [-0.25, -0.2) is 0 Å². The van der Waals surface area contributed by atoms with Crippen LogP contribution in [0.4, 0.5) is 0 Å². The molecule has 0 atom stereocenters. The van der Waals surface area contributed by atoms with Gasteiger partial charge in [0.2, 0.25) is 0 Å². The van der Waals surface area contributed by atoms with Crippen molar-refractivity contribution in [3.63, 3.8) is 0 Å². The van der Waals surface area contributed by atoms with E-state index < -0.39 is 0 Å². The summed E-state index contributed by atoms with van der Waals surface area (Å²) in [7, 11) is 0. The van der Waals surface area contributed by atoms with Gasteiger partial charge in [-0.2, -0.15) is 0 Å². The minimum atomic E-state index is 0. The largest absolute Gasteiger partial charge is 2.00 e. The number of hydrogen-bond acceptors (Lipinski definition) is 2. The van der Waals surface area contributed by atoms with Crippen LogP contribution in [0.3, 0.4) is 0 Å². The summed E-state index contributed by atoms with van der Waals surface area (Å²) >= 11 is 0. The van der Waals surface area contributed by atoms with Gasteiger partial charge in [-0.1, -0.05) is 36.4 Å². The zero-order valence-corrected chi connectivity index (χ0v) is 12.7. The zero-order chi connectivity index (χ0) is 12.7. The summed E-state index contributed by atoms with van der Waals surface area (Å²) in [6.07, 6.45) is 0. The molecule has 0 aliphatic rings. The maximum atomic E-state index is 8.00. The van der Waals surface area contributed by atoms with Crippen molar-refractivity contribution < 1.29 is 41.5 Å². The van der Waals surface area contributed by atoms with Gasteiger partial charge in [0.05, 0.1) is 0 Å². The molecule has 0 fully saturated rings. The molecule has 100 valence electrons. The Labute approximate surface area is 131 Å². The number of benzene rings is 2. The van der Waals surface area contributed by atoms with Gasteiger partial charge in [-0.15, -0.1) is 39.7 Å². The summed E-state index contributed by atoms with van der Waals surface area (Å²) in [6.45, 7) is 4.00. The van der Waals surface area contributed by atoms with E-state index in [-0.39, 0.29) is 31.9 Å². The van der Waals surface area contributed by atoms with E-state index in [2.05, 4.69) is 54.6 Å². The van der Waals surface area contributed by atoms with E-state index in [4.69, 9.17) is 9.59 Å². The summed E-state index contributed by atoms with van der Waals surface area (Å²) in [4.78, 5) is 16.0. The van der Waals surface area contributed by atoms with Gasteiger partial charge in [0.1, 0.15) is 13.6 Å². The first-order valence-corrected chi connectivity index (χ1v) is 5.06. The van der Waals surface area contributed by atoms with Crippen LogP contribution in [0.25, 0.3) is 21.5 Å². The number of halogens is 1. The van der Waals surface area contributed by atoms with Gasteiger partial charge < -0.3 is 22.0 Å². The first-order chi connectivity index (χ1) is 8.45. The summed E-state index contributed by atoms with van der Waals surface area (Å²) in [5.74, 6) is 0. The summed E-state index contributed by atoms with van der Waals surface area (Å²) < 4.78 is 0. The molecule has 0 aliphatic heterocycles. The zero-order valence-electron chi connectivity index (χ0n) is 10.2. The quantitative estimate of drug-likeness (QED) is 0.427. The van der Waals surface area contributed by atoms with E-state index in [1.165, 1.54) is 21.5 Å². The van der Waals surface area contributed by atoms with Gasteiger partial charge in [0, 0.05) is 0 Å². The second kappa shape index (κ2) is 10.5. The summed E-state index contributed by atoms with van der Waals surface area (Å²) in [6, 6.07) is 19.3. The predicted molar refractivity (Wildman–Crippen MR) is 71.3 cm³/mol. The molecule has 2 nitrogen and oxygen atoms in total. The Kier molecular flexibility index (Phi) is 11.0. The third-order valence-corrected chi connectivity index (χ3v) is 2.52. The van der Waals surface area contributed by atoms with Crippen LogP contribution >= 0.6 is 0 Å². The normalized spacial score (nSPS) is 8.00. The minimum Gasteiger partial charge on any atom is -1.00 e. The Bertz CT molecular complexity index is 555. The fraction of sp³-hybridized carbons (Fsp3) is 0. The molecule has 0 aromatic heterocycles. The van der Waals surface area contributed by atoms with E-state index in [0.717, 1.165) is 0 Å². The summed E-state index contributed by atoms with van der Waals surface area (Å²) in [5, 5.41) is 5.39. The monoisotopic (exact) mass is 362 g/mol. The van der Waals surface area contributed by atoms with Crippen molar-refractivity contribution in [1.82, 2.24) is 0 Å². The smallest absolute Gasteiger partial charge is 1.00 e. The molecule has 0 amide bonds. The van der Waals surface area contributed by atoms with Crippen molar-refractivity contribution in [3.05, 3.63) is 54.6 Å². The van der Waals surface area contributed by atoms with Crippen molar-refractivity contribution in [2.75, 3.05) is 0 Å². The third-order valence-electron chi connectivity index (χ3n) is 2.52. The molecule has 3 aromatic rings. The molecule has 0 saturated carbocycles. The van der Waals surface area contributed by atoms with E-state index >= 15 is 0 Å². The van der Waals surface area contributed by atoms with Gasteiger partial charge in [0.25, 0.3) is 0 Å². The van der Waals surface area contributed by atoms with Crippen LogP contribution in [-0.4, -0.2) is 13.6 Å². The second-order valence-corrected chi connectivity index (χ2v) is 3.32. The maximum Gasteiger partial charge on any atom is 2.00 e.